The van der Waals surface area contributed by atoms with Gasteiger partial charge in [-0.2, -0.15) is 0 Å². The lowest BCUT2D eigenvalue weighted by Gasteiger charge is -2.24. The Balaban J connectivity index is 1.68. The molecule has 1 saturated heterocycles. The molecule has 0 aromatic heterocycles. The van der Waals surface area contributed by atoms with Gasteiger partial charge in [0.05, 0.1) is 12.8 Å². The van der Waals surface area contributed by atoms with E-state index in [1.54, 1.807) is 43.5 Å². The molecule has 2 aromatic carbocycles. The summed E-state index contributed by atoms with van der Waals surface area (Å²) < 4.78 is 18.9. The SMILES string of the molecule is COc1cccc(NC(=O)[C@@H]2CCCN2C(=O)Nc2ccccc2F)c1. The fourth-order valence-corrected chi connectivity index (χ4v) is 2.96. The fraction of sp³-hybridized carbons (Fsp3) is 0.263. The highest BCUT2D eigenvalue weighted by Gasteiger charge is 2.34. The maximum atomic E-state index is 13.7. The van der Waals surface area contributed by atoms with Crippen molar-refractivity contribution in [2.75, 3.05) is 24.3 Å². The highest BCUT2D eigenvalue weighted by Crippen LogP contribution is 2.23. The Hall–Kier alpha value is -3.09. The number of carbonyl (C=O) groups is 2. The number of carbonyl (C=O) groups excluding carboxylic acids is 2. The number of rotatable bonds is 4. The first kappa shape index (κ1) is 17.7. The van der Waals surface area contributed by atoms with E-state index in [0.29, 0.717) is 30.8 Å². The van der Waals surface area contributed by atoms with Crippen LogP contribution < -0.4 is 15.4 Å². The van der Waals surface area contributed by atoms with Crippen molar-refractivity contribution in [2.45, 2.75) is 18.9 Å². The largest absolute Gasteiger partial charge is 0.497 e. The second kappa shape index (κ2) is 7.86. The summed E-state index contributed by atoms with van der Waals surface area (Å²) in [6, 6.07) is 11.8. The van der Waals surface area contributed by atoms with Gasteiger partial charge in [0.1, 0.15) is 17.6 Å². The minimum atomic E-state index is -0.604. The molecule has 1 aliphatic rings. The van der Waals surface area contributed by atoms with Gasteiger partial charge in [-0.25, -0.2) is 9.18 Å². The highest BCUT2D eigenvalue weighted by molar-refractivity contribution is 5.99. The number of likely N-dealkylation sites (tertiary alicyclic amines) is 1. The quantitative estimate of drug-likeness (QED) is 0.880. The van der Waals surface area contributed by atoms with Crippen LogP contribution in [0.25, 0.3) is 0 Å². The smallest absolute Gasteiger partial charge is 0.322 e. The van der Waals surface area contributed by atoms with Crippen LogP contribution in [0.3, 0.4) is 0 Å². The van der Waals surface area contributed by atoms with Crippen LogP contribution >= 0.6 is 0 Å². The molecule has 1 heterocycles. The Morgan fingerprint density at radius 1 is 1.15 bits per heavy atom. The Labute approximate surface area is 150 Å². The van der Waals surface area contributed by atoms with Crippen molar-refractivity contribution in [1.82, 2.24) is 4.90 Å². The number of hydrogen-bond acceptors (Lipinski definition) is 3. The Bertz CT molecular complexity index is 812. The molecule has 3 rings (SSSR count). The van der Waals surface area contributed by atoms with E-state index < -0.39 is 17.9 Å². The minimum absolute atomic E-state index is 0.0938. The van der Waals surface area contributed by atoms with Crippen molar-refractivity contribution in [3.63, 3.8) is 0 Å². The number of halogens is 1. The fourth-order valence-electron chi connectivity index (χ4n) is 2.96. The van der Waals surface area contributed by atoms with Crippen molar-refractivity contribution in [2.24, 2.45) is 0 Å². The summed E-state index contributed by atoms with van der Waals surface area (Å²) in [5, 5.41) is 5.34. The highest BCUT2D eigenvalue weighted by atomic mass is 19.1. The normalized spacial score (nSPS) is 16.2. The molecular weight excluding hydrogens is 337 g/mol. The van der Waals surface area contributed by atoms with Gasteiger partial charge in [0.25, 0.3) is 0 Å². The summed E-state index contributed by atoms with van der Waals surface area (Å²) in [6.45, 7) is 0.441. The lowest BCUT2D eigenvalue weighted by Crippen LogP contribution is -2.45. The van der Waals surface area contributed by atoms with Gasteiger partial charge >= 0.3 is 6.03 Å². The molecule has 0 bridgehead atoms. The third-order valence-electron chi connectivity index (χ3n) is 4.27. The lowest BCUT2D eigenvalue weighted by atomic mass is 10.2. The number of urea groups is 1. The van der Waals surface area contributed by atoms with Gasteiger partial charge in [-0.15, -0.1) is 0 Å². The number of benzene rings is 2. The number of nitrogens with one attached hydrogen (secondary N) is 2. The topological polar surface area (TPSA) is 70.7 Å². The van der Waals surface area contributed by atoms with Crippen LogP contribution in [0.4, 0.5) is 20.6 Å². The zero-order valence-corrected chi connectivity index (χ0v) is 14.4. The second-order valence-corrected chi connectivity index (χ2v) is 5.98. The van der Waals surface area contributed by atoms with Gasteiger partial charge in [0, 0.05) is 18.3 Å². The Morgan fingerprint density at radius 3 is 2.73 bits per heavy atom. The van der Waals surface area contributed by atoms with Crippen molar-refractivity contribution in [3.05, 3.63) is 54.3 Å². The molecule has 1 fully saturated rings. The van der Waals surface area contributed by atoms with E-state index in [9.17, 15) is 14.0 Å². The number of anilines is 2. The molecule has 7 heteroatoms. The van der Waals surface area contributed by atoms with Gasteiger partial charge in [0.2, 0.25) is 5.91 Å². The first-order valence-corrected chi connectivity index (χ1v) is 8.35. The number of nitrogens with zero attached hydrogens (tertiary/aromatic N) is 1. The number of ether oxygens (including phenoxy) is 1. The zero-order chi connectivity index (χ0) is 18.5. The van der Waals surface area contributed by atoms with Crippen LogP contribution in [0.5, 0.6) is 5.75 Å². The molecule has 0 saturated carbocycles. The summed E-state index contributed by atoms with van der Waals surface area (Å²) in [6.07, 6.45) is 1.27. The van der Waals surface area contributed by atoms with Gasteiger partial charge in [-0.3, -0.25) is 4.79 Å². The standard InChI is InChI=1S/C19H20FN3O3/c1-26-14-7-4-6-13(12-14)21-18(24)17-10-5-11-23(17)19(25)22-16-9-3-2-8-15(16)20/h2-4,6-9,12,17H,5,10-11H2,1H3,(H,21,24)(H,22,25)/t17-/m0/s1. The first-order valence-electron chi connectivity index (χ1n) is 8.35. The molecule has 2 N–H and O–H groups in total. The maximum Gasteiger partial charge on any atom is 0.322 e. The molecule has 2 aromatic rings. The summed E-state index contributed by atoms with van der Waals surface area (Å²) >= 11 is 0. The van der Waals surface area contributed by atoms with Crippen LogP contribution in [0.1, 0.15) is 12.8 Å². The zero-order valence-electron chi connectivity index (χ0n) is 14.4. The number of hydrogen-bond donors (Lipinski definition) is 2. The van der Waals surface area contributed by atoms with Crippen molar-refractivity contribution in [3.8, 4) is 5.75 Å². The number of para-hydroxylation sites is 1. The molecule has 1 aliphatic heterocycles. The average molecular weight is 357 g/mol. The molecule has 26 heavy (non-hydrogen) atoms. The lowest BCUT2D eigenvalue weighted by molar-refractivity contribution is -0.119. The third kappa shape index (κ3) is 3.93. The predicted molar refractivity (Wildman–Crippen MR) is 96.8 cm³/mol. The summed E-state index contributed by atoms with van der Waals surface area (Å²) in [5.74, 6) is -0.166. The van der Waals surface area contributed by atoms with Crippen LogP contribution in [-0.4, -0.2) is 36.5 Å². The van der Waals surface area contributed by atoms with Gasteiger partial charge in [-0.1, -0.05) is 18.2 Å². The van der Waals surface area contributed by atoms with E-state index in [1.165, 1.54) is 17.0 Å². The van der Waals surface area contributed by atoms with Crippen molar-refractivity contribution in [1.29, 1.82) is 0 Å². The van der Waals surface area contributed by atoms with Gasteiger partial charge in [-0.05, 0) is 37.1 Å². The van der Waals surface area contributed by atoms with E-state index in [0.717, 1.165) is 0 Å². The molecule has 0 radical (unpaired) electrons. The van der Waals surface area contributed by atoms with Crippen molar-refractivity contribution >= 4 is 23.3 Å². The molecule has 3 amide bonds. The van der Waals surface area contributed by atoms with Crippen LogP contribution in [-0.2, 0) is 4.79 Å². The summed E-state index contributed by atoms with van der Waals surface area (Å²) in [4.78, 5) is 26.5. The van der Waals surface area contributed by atoms with E-state index in [4.69, 9.17) is 4.74 Å². The van der Waals surface area contributed by atoms with E-state index >= 15 is 0 Å². The van der Waals surface area contributed by atoms with Gasteiger partial charge < -0.3 is 20.3 Å². The molecular formula is C19H20FN3O3. The van der Waals surface area contributed by atoms with E-state index in [2.05, 4.69) is 10.6 Å². The van der Waals surface area contributed by atoms with Crippen LogP contribution in [0, 0.1) is 5.82 Å². The van der Waals surface area contributed by atoms with Crippen LogP contribution in [0.15, 0.2) is 48.5 Å². The third-order valence-corrected chi connectivity index (χ3v) is 4.27. The Kier molecular flexibility index (Phi) is 5.36. The monoisotopic (exact) mass is 357 g/mol. The van der Waals surface area contributed by atoms with Crippen molar-refractivity contribution < 1.29 is 18.7 Å². The summed E-state index contributed by atoms with van der Waals surface area (Å²) in [5.41, 5.74) is 0.687. The van der Waals surface area contributed by atoms with Crippen LogP contribution in [0.2, 0.25) is 0 Å². The van der Waals surface area contributed by atoms with Gasteiger partial charge in [0.15, 0.2) is 0 Å². The molecule has 0 unspecified atom stereocenters. The molecule has 0 spiro atoms. The first-order chi connectivity index (χ1) is 12.6. The molecule has 1 atom stereocenters. The minimum Gasteiger partial charge on any atom is -0.497 e. The number of amides is 3. The molecule has 0 aliphatic carbocycles. The number of methoxy groups -OCH3 is 1. The Morgan fingerprint density at radius 2 is 1.96 bits per heavy atom. The molecule has 6 nitrogen and oxygen atoms in total. The van der Waals surface area contributed by atoms with E-state index in [-0.39, 0.29) is 11.6 Å². The average Bonchev–Trinajstić information content (AvgIpc) is 3.14. The predicted octanol–water partition coefficient (Wildman–Crippen LogP) is 3.47. The summed E-state index contributed by atoms with van der Waals surface area (Å²) in [7, 11) is 1.55. The second-order valence-electron chi connectivity index (χ2n) is 5.98. The molecule has 136 valence electrons. The maximum absolute atomic E-state index is 13.7. The van der Waals surface area contributed by atoms with E-state index in [1.807, 2.05) is 0 Å².